The summed E-state index contributed by atoms with van der Waals surface area (Å²) in [7, 11) is 0. The molecule has 13 heavy (non-hydrogen) atoms. The molecular weight excluding hydrogens is 168 g/mol. The van der Waals surface area contributed by atoms with Crippen LogP contribution in [0.5, 0.6) is 0 Å². The molecule has 1 atom stereocenters. The van der Waals surface area contributed by atoms with Gasteiger partial charge in [0.15, 0.2) is 6.29 Å². The lowest BCUT2D eigenvalue weighted by atomic mass is 10.1. The highest BCUT2D eigenvalue weighted by molar-refractivity contribution is 4.46. The molecule has 0 spiro atoms. The second kappa shape index (κ2) is 9.96. The fraction of sp³-hybridized carbons (Fsp3) is 1.00. The van der Waals surface area contributed by atoms with Crippen molar-refractivity contribution in [3.8, 4) is 0 Å². The van der Waals surface area contributed by atoms with Crippen molar-refractivity contribution in [3.05, 3.63) is 0 Å². The molecule has 0 aromatic carbocycles. The molecule has 80 valence electrons. The summed E-state index contributed by atoms with van der Waals surface area (Å²) in [6, 6.07) is 0. The first-order valence-electron chi connectivity index (χ1n) is 5.29. The van der Waals surface area contributed by atoms with Gasteiger partial charge in [0.05, 0.1) is 0 Å². The van der Waals surface area contributed by atoms with Crippen LogP contribution >= 0.6 is 0 Å². The van der Waals surface area contributed by atoms with E-state index in [4.69, 9.17) is 10.4 Å². The molecule has 0 aromatic rings. The maximum Gasteiger partial charge on any atom is 0.188 e. The van der Waals surface area contributed by atoms with Crippen molar-refractivity contribution in [2.45, 2.75) is 64.6 Å². The van der Waals surface area contributed by atoms with Gasteiger partial charge in [0.2, 0.25) is 0 Å². The van der Waals surface area contributed by atoms with Crippen LogP contribution in [0.1, 0.15) is 58.3 Å². The van der Waals surface area contributed by atoms with Gasteiger partial charge in [-0.2, -0.15) is 0 Å². The maximum absolute atomic E-state index is 8.83. The standard InChI is InChI=1S/C10H22O3/c1-2-3-4-5-6-7-8-9-10(11)13-12/h10-12H,2-9H2,1H3. The van der Waals surface area contributed by atoms with Crippen molar-refractivity contribution >= 4 is 0 Å². The average Bonchev–Trinajstić information content (AvgIpc) is 2.16. The lowest BCUT2D eigenvalue weighted by Crippen LogP contribution is -2.08. The van der Waals surface area contributed by atoms with Gasteiger partial charge in [0.25, 0.3) is 0 Å². The third kappa shape index (κ3) is 9.80. The maximum atomic E-state index is 8.83. The molecule has 3 nitrogen and oxygen atoms in total. The van der Waals surface area contributed by atoms with E-state index in [1.807, 2.05) is 0 Å². The lowest BCUT2D eigenvalue weighted by molar-refractivity contribution is -0.335. The molecule has 0 aromatic heterocycles. The van der Waals surface area contributed by atoms with Gasteiger partial charge in [-0.25, -0.2) is 10.1 Å². The number of unbranched alkanes of at least 4 members (excludes halogenated alkanes) is 6. The first kappa shape index (κ1) is 12.9. The number of aliphatic hydroxyl groups is 1. The third-order valence-electron chi connectivity index (χ3n) is 2.18. The predicted octanol–water partition coefficient (Wildman–Crippen LogP) is 2.94. The predicted molar refractivity (Wildman–Crippen MR) is 52.3 cm³/mol. The Kier molecular flexibility index (Phi) is 9.87. The van der Waals surface area contributed by atoms with Gasteiger partial charge in [0.1, 0.15) is 0 Å². The molecule has 0 aliphatic heterocycles. The summed E-state index contributed by atoms with van der Waals surface area (Å²) >= 11 is 0. The van der Waals surface area contributed by atoms with Gasteiger partial charge in [-0.15, -0.1) is 0 Å². The quantitative estimate of drug-likeness (QED) is 0.254. The van der Waals surface area contributed by atoms with Crippen LogP contribution in [0.3, 0.4) is 0 Å². The average molecular weight is 190 g/mol. The fourth-order valence-electron chi connectivity index (χ4n) is 1.33. The topological polar surface area (TPSA) is 49.7 Å². The molecule has 0 aliphatic rings. The SMILES string of the molecule is CCCCCCCCCC(O)OO. The van der Waals surface area contributed by atoms with E-state index < -0.39 is 6.29 Å². The molecule has 0 saturated heterocycles. The molecule has 3 heteroatoms. The van der Waals surface area contributed by atoms with E-state index in [9.17, 15) is 0 Å². The zero-order chi connectivity index (χ0) is 9.94. The zero-order valence-electron chi connectivity index (χ0n) is 8.54. The van der Waals surface area contributed by atoms with Gasteiger partial charge in [0, 0.05) is 6.42 Å². The van der Waals surface area contributed by atoms with Crippen molar-refractivity contribution in [1.82, 2.24) is 0 Å². The van der Waals surface area contributed by atoms with Crippen LogP contribution in [0, 0.1) is 0 Å². The molecular formula is C10H22O3. The summed E-state index contributed by atoms with van der Waals surface area (Å²) < 4.78 is 0. The van der Waals surface area contributed by atoms with Crippen LogP contribution in [-0.4, -0.2) is 16.7 Å². The summed E-state index contributed by atoms with van der Waals surface area (Å²) in [6.45, 7) is 2.20. The third-order valence-corrected chi connectivity index (χ3v) is 2.18. The summed E-state index contributed by atoms with van der Waals surface area (Å²) in [6.07, 6.45) is 8.00. The van der Waals surface area contributed by atoms with Crippen LogP contribution in [0.25, 0.3) is 0 Å². The zero-order valence-corrected chi connectivity index (χ0v) is 8.54. The monoisotopic (exact) mass is 190 g/mol. The molecule has 2 N–H and O–H groups in total. The smallest absolute Gasteiger partial charge is 0.188 e. The summed E-state index contributed by atoms with van der Waals surface area (Å²) in [5, 5.41) is 16.9. The Bertz CT molecular complexity index is 96.2. The highest BCUT2D eigenvalue weighted by atomic mass is 17.1. The Morgan fingerprint density at radius 2 is 1.54 bits per heavy atom. The van der Waals surface area contributed by atoms with Gasteiger partial charge < -0.3 is 5.11 Å². The first-order chi connectivity index (χ1) is 6.31. The van der Waals surface area contributed by atoms with Crippen molar-refractivity contribution in [2.24, 2.45) is 0 Å². The van der Waals surface area contributed by atoms with Crippen molar-refractivity contribution in [2.75, 3.05) is 0 Å². The van der Waals surface area contributed by atoms with Crippen LogP contribution < -0.4 is 0 Å². The minimum Gasteiger partial charge on any atom is -0.366 e. The van der Waals surface area contributed by atoms with E-state index in [1.165, 1.54) is 32.1 Å². The van der Waals surface area contributed by atoms with Crippen LogP contribution in [0.15, 0.2) is 0 Å². The molecule has 0 heterocycles. The Labute approximate surface area is 80.7 Å². The number of hydrogen-bond donors (Lipinski definition) is 2. The van der Waals surface area contributed by atoms with Gasteiger partial charge in [-0.05, 0) is 6.42 Å². The highest BCUT2D eigenvalue weighted by Gasteiger charge is 2.01. The summed E-state index contributed by atoms with van der Waals surface area (Å²) in [5.41, 5.74) is 0. The van der Waals surface area contributed by atoms with E-state index >= 15 is 0 Å². The first-order valence-corrected chi connectivity index (χ1v) is 5.29. The van der Waals surface area contributed by atoms with E-state index in [2.05, 4.69) is 11.8 Å². The second-order valence-electron chi connectivity index (χ2n) is 3.47. The molecule has 0 aliphatic carbocycles. The number of hydrogen-bond acceptors (Lipinski definition) is 3. The van der Waals surface area contributed by atoms with Gasteiger partial charge in [-0.1, -0.05) is 45.4 Å². The van der Waals surface area contributed by atoms with Crippen LogP contribution in [0.4, 0.5) is 0 Å². The van der Waals surface area contributed by atoms with E-state index in [0.717, 1.165) is 12.8 Å². The highest BCUT2D eigenvalue weighted by Crippen LogP contribution is 2.09. The molecule has 0 saturated carbocycles. The largest absolute Gasteiger partial charge is 0.366 e. The molecule has 0 bridgehead atoms. The Balaban J connectivity index is 2.91. The number of aliphatic hydroxyl groups excluding tert-OH is 1. The molecule has 0 rings (SSSR count). The molecule has 0 amide bonds. The van der Waals surface area contributed by atoms with Crippen LogP contribution in [-0.2, 0) is 4.89 Å². The molecule has 1 unspecified atom stereocenters. The number of rotatable bonds is 9. The van der Waals surface area contributed by atoms with Gasteiger partial charge in [-0.3, -0.25) is 0 Å². The van der Waals surface area contributed by atoms with Crippen molar-refractivity contribution in [1.29, 1.82) is 0 Å². The minimum atomic E-state index is -0.990. The Hall–Kier alpha value is -0.120. The van der Waals surface area contributed by atoms with E-state index in [0.29, 0.717) is 6.42 Å². The van der Waals surface area contributed by atoms with E-state index in [1.54, 1.807) is 0 Å². The van der Waals surface area contributed by atoms with Crippen LogP contribution in [0.2, 0.25) is 0 Å². The lowest BCUT2D eigenvalue weighted by Gasteiger charge is -2.05. The second-order valence-corrected chi connectivity index (χ2v) is 3.47. The Morgan fingerprint density at radius 3 is 2.08 bits per heavy atom. The Morgan fingerprint density at radius 1 is 1.00 bits per heavy atom. The minimum absolute atomic E-state index is 0.532. The summed E-state index contributed by atoms with van der Waals surface area (Å²) in [5.74, 6) is 0. The fourth-order valence-corrected chi connectivity index (χ4v) is 1.33. The van der Waals surface area contributed by atoms with Gasteiger partial charge >= 0.3 is 0 Å². The molecule has 0 radical (unpaired) electrons. The van der Waals surface area contributed by atoms with Crippen molar-refractivity contribution < 1.29 is 15.3 Å². The summed E-state index contributed by atoms with van der Waals surface area (Å²) in [4.78, 5) is 3.75. The van der Waals surface area contributed by atoms with E-state index in [-0.39, 0.29) is 0 Å². The normalized spacial score (nSPS) is 13.2. The van der Waals surface area contributed by atoms with Crippen molar-refractivity contribution in [3.63, 3.8) is 0 Å². The molecule has 0 fully saturated rings.